The second-order valence-corrected chi connectivity index (χ2v) is 5.07. The fourth-order valence-corrected chi connectivity index (χ4v) is 2.58. The molecule has 3 rings (SSSR count). The van der Waals surface area contributed by atoms with E-state index in [9.17, 15) is 15.0 Å². The zero-order chi connectivity index (χ0) is 14.7. The maximum absolute atomic E-state index is 12.4. The first-order valence-electron chi connectivity index (χ1n) is 6.15. The van der Waals surface area contributed by atoms with Crippen LogP contribution in [0.2, 0.25) is 0 Å². The van der Waals surface area contributed by atoms with Crippen LogP contribution in [-0.2, 0) is 5.60 Å². The van der Waals surface area contributed by atoms with E-state index in [1.54, 1.807) is 19.1 Å². The highest BCUT2D eigenvalue weighted by molar-refractivity contribution is 6.13. The number of ether oxygens (including phenoxy) is 1. The van der Waals surface area contributed by atoms with E-state index in [0.29, 0.717) is 28.4 Å². The Hall–Kier alpha value is -2.27. The first kappa shape index (κ1) is 12.7. The van der Waals surface area contributed by atoms with E-state index in [0.717, 1.165) is 0 Å². The number of rotatable bonds is 1. The predicted molar refractivity (Wildman–Crippen MR) is 71.0 cm³/mol. The molecule has 0 aliphatic heterocycles. The lowest BCUT2D eigenvalue weighted by molar-refractivity contribution is 0.0381. The van der Waals surface area contributed by atoms with Gasteiger partial charge >= 0.3 is 0 Å². The molecule has 5 nitrogen and oxygen atoms in total. The highest BCUT2D eigenvalue weighted by atomic mass is 16.5. The van der Waals surface area contributed by atoms with Gasteiger partial charge in [0.05, 0.1) is 12.7 Å². The Morgan fingerprint density at radius 1 is 1.30 bits per heavy atom. The van der Waals surface area contributed by atoms with Crippen LogP contribution in [0.5, 0.6) is 11.5 Å². The van der Waals surface area contributed by atoms with Crippen molar-refractivity contribution < 1.29 is 24.2 Å². The molecule has 0 saturated heterocycles. The molecule has 1 heterocycles. The maximum Gasteiger partial charge on any atom is 0.203 e. The molecule has 2 aromatic rings. The second kappa shape index (κ2) is 3.86. The molecule has 0 fully saturated rings. The summed E-state index contributed by atoms with van der Waals surface area (Å²) in [6.45, 7) is 3.13. The third kappa shape index (κ3) is 1.50. The quantitative estimate of drug-likeness (QED) is 0.834. The molecule has 5 heteroatoms. The van der Waals surface area contributed by atoms with Crippen LogP contribution in [0.15, 0.2) is 22.6 Å². The van der Waals surface area contributed by atoms with Crippen molar-refractivity contribution in [3.05, 3.63) is 35.1 Å². The Balaban J connectivity index is 2.41. The number of fused-ring (bicyclic) bond motifs is 3. The molecular weight excluding hydrogens is 260 g/mol. The fourth-order valence-electron chi connectivity index (χ4n) is 2.58. The number of ketones is 1. The number of aromatic hydroxyl groups is 1. The van der Waals surface area contributed by atoms with Crippen molar-refractivity contribution >= 4 is 5.78 Å². The summed E-state index contributed by atoms with van der Waals surface area (Å²) in [6.07, 6.45) is 0. The van der Waals surface area contributed by atoms with Crippen molar-refractivity contribution in [2.24, 2.45) is 0 Å². The maximum atomic E-state index is 12.4. The Morgan fingerprint density at radius 2 is 2.00 bits per heavy atom. The fraction of sp³-hybridized carbons (Fsp3) is 0.267. The molecule has 104 valence electrons. The van der Waals surface area contributed by atoms with Gasteiger partial charge in [0.15, 0.2) is 5.60 Å². The molecular formula is C15H14O5. The molecule has 0 radical (unpaired) electrons. The van der Waals surface area contributed by atoms with Crippen LogP contribution in [0.4, 0.5) is 0 Å². The SMILES string of the molecule is COc1cc(O)c2c(c1)-c1oc(C)cc1[C@](C)(O)C2=O. The zero-order valence-electron chi connectivity index (χ0n) is 11.4. The number of phenolic OH excluding ortho intramolecular Hbond substituents is 1. The predicted octanol–water partition coefficient (Wildman–Crippen LogP) is 2.37. The van der Waals surface area contributed by atoms with E-state index in [2.05, 4.69) is 0 Å². The highest BCUT2D eigenvalue weighted by Gasteiger charge is 2.45. The smallest absolute Gasteiger partial charge is 0.203 e. The standard InChI is InChI=1S/C15H14O5/c1-7-4-10-13(20-7)9-5-8(19-3)6-11(16)12(9)14(17)15(10,2)18/h4-6,16,18H,1-3H3/t15-/m0/s1. The lowest BCUT2D eigenvalue weighted by Crippen LogP contribution is -2.35. The van der Waals surface area contributed by atoms with Crippen LogP contribution in [-0.4, -0.2) is 23.1 Å². The van der Waals surface area contributed by atoms with Crippen LogP contribution < -0.4 is 4.74 Å². The molecule has 1 aliphatic rings. The highest BCUT2D eigenvalue weighted by Crippen LogP contribution is 2.47. The van der Waals surface area contributed by atoms with Gasteiger partial charge in [0, 0.05) is 17.2 Å². The molecule has 2 N–H and O–H groups in total. The number of aryl methyl sites for hydroxylation is 1. The Labute approximate surface area is 115 Å². The van der Waals surface area contributed by atoms with Gasteiger partial charge in [0.1, 0.15) is 23.0 Å². The van der Waals surface area contributed by atoms with Crippen molar-refractivity contribution in [2.45, 2.75) is 19.4 Å². The van der Waals surface area contributed by atoms with Gasteiger partial charge in [-0.2, -0.15) is 0 Å². The third-order valence-corrected chi connectivity index (χ3v) is 3.62. The van der Waals surface area contributed by atoms with Gasteiger partial charge in [-0.15, -0.1) is 0 Å². The number of aliphatic hydroxyl groups is 1. The average molecular weight is 274 g/mol. The summed E-state index contributed by atoms with van der Waals surface area (Å²) in [5.41, 5.74) is -0.828. The van der Waals surface area contributed by atoms with Crippen LogP contribution in [0.1, 0.15) is 28.6 Å². The normalized spacial score (nSPS) is 20.5. The molecule has 0 amide bonds. The monoisotopic (exact) mass is 274 g/mol. The number of carbonyl (C=O) groups is 1. The number of furan rings is 1. The van der Waals surface area contributed by atoms with Crippen LogP contribution in [0.3, 0.4) is 0 Å². The lowest BCUT2D eigenvalue weighted by atomic mass is 9.78. The summed E-state index contributed by atoms with van der Waals surface area (Å²) in [7, 11) is 1.47. The summed E-state index contributed by atoms with van der Waals surface area (Å²) < 4.78 is 10.7. The number of Topliss-reactive ketones (excluding diaryl/α,β-unsaturated/α-hetero) is 1. The minimum absolute atomic E-state index is 0.0534. The summed E-state index contributed by atoms with van der Waals surface area (Å²) in [5, 5.41) is 20.5. The van der Waals surface area contributed by atoms with Crippen LogP contribution in [0.25, 0.3) is 11.3 Å². The van der Waals surface area contributed by atoms with E-state index in [-0.39, 0.29) is 11.3 Å². The number of hydrogen-bond acceptors (Lipinski definition) is 5. The summed E-state index contributed by atoms with van der Waals surface area (Å²) in [5.74, 6) is 0.593. The van der Waals surface area contributed by atoms with Gasteiger partial charge in [0.2, 0.25) is 5.78 Å². The summed E-state index contributed by atoms with van der Waals surface area (Å²) >= 11 is 0. The van der Waals surface area contributed by atoms with Crippen molar-refractivity contribution in [3.8, 4) is 22.8 Å². The minimum Gasteiger partial charge on any atom is -0.507 e. The zero-order valence-corrected chi connectivity index (χ0v) is 11.4. The van der Waals surface area contributed by atoms with Crippen molar-refractivity contribution in [1.82, 2.24) is 0 Å². The van der Waals surface area contributed by atoms with E-state index in [4.69, 9.17) is 9.15 Å². The summed E-state index contributed by atoms with van der Waals surface area (Å²) in [6, 6.07) is 4.59. The topological polar surface area (TPSA) is 79.9 Å². The number of methoxy groups -OCH3 is 1. The Bertz CT molecular complexity index is 724. The van der Waals surface area contributed by atoms with Gasteiger partial charge < -0.3 is 19.4 Å². The molecule has 1 aliphatic carbocycles. The van der Waals surface area contributed by atoms with Crippen molar-refractivity contribution in [3.63, 3.8) is 0 Å². The number of hydrogen-bond donors (Lipinski definition) is 2. The van der Waals surface area contributed by atoms with E-state index < -0.39 is 11.4 Å². The van der Waals surface area contributed by atoms with Crippen LogP contribution >= 0.6 is 0 Å². The van der Waals surface area contributed by atoms with Gasteiger partial charge in [-0.05, 0) is 26.0 Å². The third-order valence-electron chi connectivity index (χ3n) is 3.62. The minimum atomic E-state index is -1.72. The summed E-state index contributed by atoms with van der Waals surface area (Å²) in [4.78, 5) is 12.4. The molecule has 1 atom stereocenters. The van der Waals surface area contributed by atoms with Crippen LogP contribution in [0, 0.1) is 6.92 Å². The molecule has 1 aromatic heterocycles. The van der Waals surface area contributed by atoms with Gasteiger partial charge in [0.25, 0.3) is 0 Å². The number of benzene rings is 1. The average Bonchev–Trinajstić information content (AvgIpc) is 2.78. The van der Waals surface area contributed by atoms with Gasteiger partial charge in [-0.1, -0.05) is 0 Å². The molecule has 0 unspecified atom stereocenters. The number of phenols is 1. The molecule has 0 saturated carbocycles. The van der Waals surface area contributed by atoms with Crippen molar-refractivity contribution in [1.29, 1.82) is 0 Å². The molecule has 1 aromatic carbocycles. The Morgan fingerprint density at radius 3 is 2.65 bits per heavy atom. The van der Waals surface area contributed by atoms with E-state index in [1.165, 1.54) is 20.1 Å². The van der Waals surface area contributed by atoms with E-state index >= 15 is 0 Å². The lowest BCUT2D eigenvalue weighted by Gasteiger charge is -2.28. The van der Waals surface area contributed by atoms with E-state index in [1.807, 2.05) is 0 Å². The largest absolute Gasteiger partial charge is 0.507 e. The number of carbonyl (C=O) groups excluding carboxylic acids is 1. The second-order valence-electron chi connectivity index (χ2n) is 5.07. The molecule has 20 heavy (non-hydrogen) atoms. The van der Waals surface area contributed by atoms with Gasteiger partial charge in [-0.25, -0.2) is 0 Å². The van der Waals surface area contributed by atoms with Gasteiger partial charge in [-0.3, -0.25) is 4.79 Å². The Kier molecular flexibility index (Phi) is 2.46. The first-order valence-corrected chi connectivity index (χ1v) is 6.15. The molecule has 0 bridgehead atoms. The molecule has 0 spiro atoms. The van der Waals surface area contributed by atoms with Crippen molar-refractivity contribution in [2.75, 3.05) is 7.11 Å². The first-order chi connectivity index (χ1) is 9.36.